The minimum atomic E-state index is -0.117. The second-order valence-corrected chi connectivity index (χ2v) is 3.10. The van der Waals surface area contributed by atoms with Crippen molar-refractivity contribution in [2.24, 2.45) is 0 Å². The number of fused-ring (bicyclic) bond motifs is 1. The molecule has 0 bridgehead atoms. The molecule has 0 aliphatic heterocycles. The largest absolute Gasteiger partial charge is 0.594 e. The van der Waals surface area contributed by atoms with E-state index >= 15 is 0 Å². The first kappa shape index (κ1) is 9.32. The zero-order chi connectivity index (χ0) is 11.0. The molecule has 0 atom stereocenters. The van der Waals surface area contributed by atoms with Crippen LogP contribution in [-0.2, 0) is 0 Å². The van der Waals surface area contributed by atoms with Crippen LogP contribution in [-0.4, -0.2) is 15.9 Å². The second kappa shape index (κ2) is 3.16. The lowest BCUT2D eigenvalue weighted by atomic mass is 10.1. The fourth-order valence-corrected chi connectivity index (χ4v) is 1.28. The Morgan fingerprint density at radius 2 is 2.27 bits per heavy atom. The summed E-state index contributed by atoms with van der Waals surface area (Å²) >= 11 is 0. The number of hydrogen-bond acceptors (Lipinski definition) is 5. The first-order valence-corrected chi connectivity index (χ1v) is 4.26. The van der Waals surface area contributed by atoms with Gasteiger partial charge in [0.05, 0.1) is 5.10 Å². The highest BCUT2D eigenvalue weighted by Gasteiger charge is 2.11. The molecule has 0 aliphatic carbocycles. The Morgan fingerprint density at radius 1 is 1.53 bits per heavy atom. The normalized spacial score (nSPS) is 10.5. The Bertz CT molecular complexity index is 553. The molecule has 6 nitrogen and oxygen atoms in total. The molecule has 0 unspecified atom stereocenters. The highest BCUT2D eigenvalue weighted by atomic mass is 16.5. The van der Waals surface area contributed by atoms with E-state index in [0.717, 1.165) is 0 Å². The van der Waals surface area contributed by atoms with Crippen molar-refractivity contribution in [2.75, 3.05) is 5.73 Å². The molecule has 0 saturated heterocycles. The van der Waals surface area contributed by atoms with Gasteiger partial charge in [-0.15, -0.1) is 0 Å². The molecule has 0 fully saturated rings. The maximum Gasteiger partial charge on any atom is 0.288 e. The van der Waals surface area contributed by atoms with Gasteiger partial charge in [0.1, 0.15) is 5.52 Å². The Kier molecular flexibility index (Phi) is 1.96. The molecular weight excluding hydrogens is 196 g/mol. The molecule has 0 aliphatic rings. The van der Waals surface area contributed by atoms with E-state index in [0.29, 0.717) is 15.9 Å². The molecule has 0 saturated carbocycles. The molecule has 2 rings (SSSR count). The van der Waals surface area contributed by atoms with Gasteiger partial charge in [-0.3, -0.25) is 4.79 Å². The summed E-state index contributed by atoms with van der Waals surface area (Å²) in [5.74, 6) is -0.207. The first-order valence-electron chi connectivity index (χ1n) is 4.26. The number of nitrogen functional groups attached to an aromatic ring is 1. The van der Waals surface area contributed by atoms with Gasteiger partial charge in [0.15, 0.2) is 5.78 Å². The molecule has 0 spiro atoms. The van der Waals surface area contributed by atoms with Gasteiger partial charge in [-0.2, -0.15) is 0 Å². The minimum Gasteiger partial charge on any atom is -0.594 e. The summed E-state index contributed by atoms with van der Waals surface area (Å²) in [6.45, 7) is 1.43. The summed E-state index contributed by atoms with van der Waals surface area (Å²) in [5, 5.41) is 14.8. The SMILES string of the molecule is CC(=O)c1ccc2nc(N)n[n+]([O-])c2c1. The monoisotopic (exact) mass is 204 g/mol. The first-order chi connectivity index (χ1) is 7.08. The molecule has 6 heteroatoms. The van der Waals surface area contributed by atoms with Crippen molar-refractivity contribution >= 4 is 22.8 Å². The molecule has 1 aromatic heterocycles. The number of aromatic nitrogens is 3. The maximum atomic E-state index is 11.3. The number of nitrogens with zero attached hydrogens (tertiary/aromatic N) is 3. The lowest BCUT2D eigenvalue weighted by Crippen LogP contribution is -2.33. The van der Waals surface area contributed by atoms with Crippen molar-refractivity contribution in [3.8, 4) is 0 Å². The zero-order valence-corrected chi connectivity index (χ0v) is 7.97. The third kappa shape index (κ3) is 1.56. The number of hydrogen-bond donors (Lipinski definition) is 1. The van der Waals surface area contributed by atoms with Crippen LogP contribution in [0.15, 0.2) is 18.2 Å². The molecule has 0 amide bonds. The van der Waals surface area contributed by atoms with Gasteiger partial charge >= 0.3 is 0 Å². The van der Waals surface area contributed by atoms with E-state index in [1.54, 1.807) is 12.1 Å². The van der Waals surface area contributed by atoms with Gasteiger partial charge in [-0.25, -0.2) is 4.98 Å². The number of Topliss-reactive ketones (excluding diaryl/α,β-unsaturated/α-hetero) is 1. The summed E-state index contributed by atoms with van der Waals surface area (Å²) in [6, 6.07) is 4.61. The summed E-state index contributed by atoms with van der Waals surface area (Å²) < 4.78 is 0. The van der Waals surface area contributed by atoms with E-state index in [2.05, 4.69) is 10.1 Å². The molecule has 2 aromatic rings. The van der Waals surface area contributed by atoms with Gasteiger partial charge in [0, 0.05) is 11.6 Å². The number of benzene rings is 1. The average Bonchev–Trinajstić information content (AvgIpc) is 2.16. The van der Waals surface area contributed by atoms with Gasteiger partial charge in [0.2, 0.25) is 0 Å². The Hall–Kier alpha value is -2.24. The molecule has 0 radical (unpaired) electrons. The fourth-order valence-electron chi connectivity index (χ4n) is 1.28. The highest BCUT2D eigenvalue weighted by Crippen LogP contribution is 2.10. The van der Waals surface area contributed by atoms with Crippen LogP contribution in [0.2, 0.25) is 0 Å². The van der Waals surface area contributed by atoms with E-state index in [1.165, 1.54) is 13.0 Å². The summed E-state index contributed by atoms with van der Waals surface area (Å²) in [5.41, 5.74) is 6.41. The van der Waals surface area contributed by atoms with Gasteiger partial charge in [-0.1, -0.05) is 0 Å². The fraction of sp³-hybridized carbons (Fsp3) is 0.111. The van der Waals surface area contributed by atoms with Crippen molar-refractivity contribution in [2.45, 2.75) is 6.92 Å². The minimum absolute atomic E-state index is 0.0897. The summed E-state index contributed by atoms with van der Waals surface area (Å²) in [6.07, 6.45) is 0. The van der Waals surface area contributed by atoms with Gasteiger partial charge in [0.25, 0.3) is 11.5 Å². The molecule has 15 heavy (non-hydrogen) atoms. The lowest BCUT2D eigenvalue weighted by molar-refractivity contribution is -0.641. The topological polar surface area (TPSA) is 95.8 Å². The van der Waals surface area contributed by atoms with Crippen molar-refractivity contribution in [3.05, 3.63) is 29.0 Å². The van der Waals surface area contributed by atoms with E-state index in [-0.39, 0.29) is 17.2 Å². The molecular formula is C9H8N4O2. The van der Waals surface area contributed by atoms with Crippen LogP contribution in [0.25, 0.3) is 11.0 Å². The highest BCUT2D eigenvalue weighted by molar-refractivity contribution is 5.96. The van der Waals surface area contributed by atoms with Gasteiger partial charge < -0.3 is 10.9 Å². The van der Waals surface area contributed by atoms with Crippen LogP contribution in [0.5, 0.6) is 0 Å². The van der Waals surface area contributed by atoms with Crippen molar-refractivity contribution in [1.82, 2.24) is 10.1 Å². The van der Waals surface area contributed by atoms with Crippen molar-refractivity contribution in [3.63, 3.8) is 0 Å². The zero-order valence-electron chi connectivity index (χ0n) is 7.97. The van der Waals surface area contributed by atoms with Crippen LogP contribution < -0.4 is 10.6 Å². The van der Waals surface area contributed by atoms with Crippen LogP contribution in [0, 0.1) is 5.21 Å². The number of nitrogens with two attached hydrogens (primary N) is 1. The van der Waals surface area contributed by atoms with E-state index in [1.807, 2.05) is 0 Å². The number of rotatable bonds is 1. The molecule has 76 valence electrons. The smallest absolute Gasteiger partial charge is 0.288 e. The van der Waals surface area contributed by atoms with Crippen LogP contribution >= 0.6 is 0 Å². The van der Waals surface area contributed by atoms with Crippen LogP contribution in [0.3, 0.4) is 0 Å². The third-order valence-electron chi connectivity index (χ3n) is 2.02. The number of carbonyl (C=O) groups is 1. The maximum absolute atomic E-state index is 11.3. The van der Waals surface area contributed by atoms with Crippen LogP contribution in [0.4, 0.5) is 5.95 Å². The molecule has 1 heterocycles. The Labute approximate surface area is 84.9 Å². The average molecular weight is 204 g/mol. The number of anilines is 1. The van der Waals surface area contributed by atoms with Crippen LogP contribution in [0.1, 0.15) is 17.3 Å². The quantitative estimate of drug-likeness (QED) is 0.402. The van der Waals surface area contributed by atoms with E-state index in [4.69, 9.17) is 5.73 Å². The Balaban J connectivity index is 2.76. The second-order valence-electron chi connectivity index (χ2n) is 3.10. The standard InChI is InChI=1S/C9H8N4O2/c1-5(14)6-2-3-7-8(4-6)13(15)12-9(10)11-7/h2-4H,1H3,(H2,10,11,12). The molecule has 1 aromatic carbocycles. The third-order valence-corrected chi connectivity index (χ3v) is 2.02. The number of ketones is 1. The van der Waals surface area contributed by atoms with Crippen molar-refractivity contribution in [1.29, 1.82) is 0 Å². The van der Waals surface area contributed by atoms with Gasteiger partial charge in [-0.05, 0) is 23.9 Å². The van der Waals surface area contributed by atoms with Crippen molar-refractivity contribution < 1.29 is 9.64 Å². The predicted octanol–water partition coefficient (Wildman–Crippen LogP) is 0.0480. The Morgan fingerprint density at radius 3 is 2.93 bits per heavy atom. The molecule has 2 N–H and O–H groups in total. The lowest BCUT2D eigenvalue weighted by Gasteiger charge is -2.00. The summed E-state index contributed by atoms with van der Waals surface area (Å²) in [7, 11) is 0. The summed E-state index contributed by atoms with van der Waals surface area (Å²) in [4.78, 5) is 15.3. The van der Waals surface area contributed by atoms with E-state index in [9.17, 15) is 10.0 Å². The predicted molar refractivity (Wildman–Crippen MR) is 52.9 cm³/mol. The van der Waals surface area contributed by atoms with E-state index < -0.39 is 0 Å². The number of carbonyl (C=O) groups excluding carboxylic acids is 1.